The molecular formula is C77H88N4O7. The third-order valence-electron chi connectivity index (χ3n) is 24.1. The van der Waals surface area contributed by atoms with Gasteiger partial charge in [0.1, 0.15) is 17.3 Å². The van der Waals surface area contributed by atoms with Gasteiger partial charge in [-0.05, 0) is 227 Å². The van der Waals surface area contributed by atoms with Gasteiger partial charge >= 0.3 is 11.9 Å². The van der Waals surface area contributed by atoms with Crippen molar-refractivity contribution in [1.82, 2.24) is 21.3 Å². The molecule has 0 aromatic heterocycles. The molecule has 3 saturated carbocycles. The minimum absolute atomic E-state index is 0.0398. The SMILES string of the molecule is CC[C@H](/C=C1\OC(=O)C2=C3c4cc(O)ccc4-c4cccc(c4)[C@@H]4/C=C/[C@]56CCC7=C(C(=O)OC7=CC[C@]7([C@@H]8CCN[C@H](NC)C8)C[C@H]8C[C@H](C9(O)CCCC9)C#CC[C@](C)(O)CN[C@H](c9cccc(c9)CCN4)[C@H]8C7)[C@@H]5[C@]21CC[C@@H]36)Cc1ccccc1. The number of cyclic esters (lactones) is 1. The number of nitrogens with one attached hydrogen (secondary N) is 4. The molecule has 4 aromatic rings. The maximum Gasteiger partial charge on any atom is 0.340 e. The molecule has 0 unspecified atom stereocenters. The number of phenols is 1. The molecule has 458 valence electrons. The molecule has 7 N–H and O–H groups in total. The first-order valence-electron chi connectivity index (χ1n) is 33.6. The summed E-state index contributed by atoms with van der Waals surface area (Å²) in [5, 5.41) is 52.0. The molecule has 2 saturated heterocycles. The molecule has 17 rings (SSSR count). The highest BCUT2D eigenvalue weighted by Crippen LogP contribution is 2.77. The van der Waals surface area contributed by atoms with Gasteiger partial charge in [-0.15, -0.1) is 0 Å². The summed E-state index contributed by atoms with van der Waals surface area (Å²) < 4.78 is 13.9. The number of aromatic hydroxyl groups is 1. The number of hydrogen-bond donors (Lipinski definition) is 7. The van der Waals surface area contributed by atoms with Gasteiger partial charge in [-0.1, -0.05) is 123 Å². The zero-order chi connectivity index (χ0) is 60.2. The van der Waals surface area contributed by atoms with Gasteiger partial charge in [0.25, 0.3) is 0 Å². The van der Waals surface area contributed by atoms with E-state index in [1.807, 2.05) is 25.1 Å². The molecule has 88 heavy (non-hydrogen) atoms. The summed E-state index contributed by atoms with van der Waals surface area (Å²) >= 11 is 0. The number of hydrogen-bond acceptors (Lipinski definition) is 11. The topological polar surface area (TPSA) is 161 Å². The van der Waals surface area contributed by atoms with Gasteiger partial charge in [0.05, 0.1) is 34.4 Å². The predicted molar refractivity (Wildman–Crippen MR) is 342 cm³/mol. The van der Waals surface area contributed by atoms with Crippen LogP contribution in [0.15, 0.2) is 150 Å². The van der Waals surface area contributed by atoms with E-state index in [0.717, 1.165) is 123 Å². The fourth-order valence-electron chi connectivity index (χ4n) is 19.9. The zero-order valence-corrected chi connectivity index (χ0v) is 51.6. The average Bonchev–Trinajstić information content (AvgIpc) is 1.31. The summed E-state index contributed by atoms with van der Waals surface area (Å²) in [6.07, 6.45) is 23.7. The zero-order valence-electron chi connectivity index (χ0n) is 51.6. The molecule has 6 aliphatic heterocycles. The Labute approximate surface area is 520 Å². The minimum Gasteiger partial charge on any atom is -0.508 e. The quantitative estimate of drug-likeness (QED) is 0.0536. The van der Waals surface area contributed by atoms with E-state index >= 15 is 9.59 Å². The van der Waals surface area contributed by atoms with E-state index in [1.165, 1.54) is 16.7 Å². The van der Waals surface area contributed by atoms with Crippen LogP contribution in [0, 0.1) is 69.5 Å². The lowest BCUT2D eigenvalue weighted by atomic mass is 9.38. The van der Waals surface area contributed by atoms with Gasteiger partial charge in [0.2, 0.25) is 0 Å². The molecule has 11 nitrogen and oxygen atoms in total. The second-order valence-corrected chi connectivity index (χ2v) is 29.0. The van der Waals surface area contributed by atoms with E-state index < -0.39 is 27.9 Å². The summed E-state index contributed by atoms with van der Waals surface area (Å²) in [5.41, 5.74) is 6.90. The van der Waals surface area contributed by atoms with Crippen LogP contribution in [0.5, 0.6) is 5.75 Å². The monoisotopic (exact) mass is 1180 g/mol. The fourth-order valence-corrected chi connectivity index (χ4v) is 19.9. The van der Waals surface area contributed by atoms with Crippen molar-refractivity contribution in [2.24, 2.45) is 57.7 Å². The Morgan fingerprint density at radius 1 is 0.818 bits per heavy atom. The number of aliphatic hydroxyl groups is 2. The van der Waals surface area contributed by atoms with Crippen molar-refractivity contribution in [1.29, 1.82) is 0 Å². The third-order valence-corrected chi connectivity index (χ3v) is 24.1. The number of rotatable bonds is 7. The maximum absolute atomic E-state index is 15.9. The normalized spacial score (nSPS) is 36.5. The van der Waals surface area contributed by atoms with Gasteiger partial charge in [-0.3, -0.25) is 0 Å². The summed E-state index contributed by atoms with van der Waals surface area (Å²) in [4.78, 5) is 31.6. The lowest BCUT2D eigenvalue weighted by molar-refractivity contribution is -0.135. The van der Waals surface area contributed by atoms with Crippen molar-refractivity contribution in [3.8, 4) is 28.7 Å². The maximum atomic E-state index is 15.9. The first kappa shape index (κ1) is 58.0. The van der Waals surface area contributed by atoms with Gasteiger partial charge in [0, 0.05) is 53.9 Å². The highest BCUT2D eigenvalue weighted by Gasteiger charge is 2.73. The van der Waals surface area contributed by atoms with Crippen LogP contribution in [0.3, 0.4) is 0 Å². The summed E-state index contributed by atoms with van der Waals surface area (Å²) in [7, 11) is 2.06. The summed E-state index contributed by atoms with van der Waals surface area (Å²) in [6, 6.07) is 33.9. The van der Waals surface area contributed by atoms with E-state index in [2.05, 4.69) is 144 Å². The number of carbonyl (C=O) groups excluding carboxylic acids is 2. The molecule has 7 aliphatic carbocycles. The van der Waals surface area contributed by atoms with Crippen LogP contribution in [0.2, 0.25) is 0 Å². The molecule has 0 amide bonds. The van der Waals surface area contributed by atoms with Gasteiger partial charge in [0.15, 0.2) is 0 Å². The number of esters is 2. The lowest BCUT2D eigenvalue weighted by Gasteiger charge is -2.62. The molecule has 0 radical (unpaired) electrons. The molecule has 2 spiro atoms. The highest BCUT2D eigenvalue weighted by molar-refractivity contribution is 6.08. The molecule has 11 heteroatoms. The Bertz CT molecular complexity index is 3670. The molecule has 4 aromatic carbocycles. The van der Waals surface area contributed by atoms with Crippen LogP contribution < -0.4 is 21.3 Å². The Hall–Kier alpha value is -6.36. The predicted octanol–water partition coefficient (Wildman–Crippen LogP) is 12.6. The number of fused-ring (bicyclic) bond motifs is 9. The van der Waals surface area contributed by atoms with Crippen molar-refractivity contribution in [2.45, 2.75) is 159 Å². The van der Waals surface area contributed by atoms with E-state index in [4.69, 9.17) is 9.47 Å². The molecule has 6 heterocycles. The number of ether oxygens (including phenoxy) is 2. The van der Waals surface area contributed by atoms with E-state index in [-0.39, 0.29) is 70.9 Å². The molecular weight excluding hydrogens is 1090 g/mol. The largest absolute Gasteiger partial charge is 0.508 e. The van der Waals surface area contributed by atoms with Crippen LogP contribution in [0.25, 0.3) is 16.7 Å². The first-order chi connectivity index (χ1) is 42.7. The van der Waals surface area contributed by atoms with Crippen molar-refractivity contribution in [3.63, 3.8) is 0 Å². The minimum atomic E-state index is -1.10. The van der Waals surface area contributed by atoms with E-state index in [1.54, 1.807) is 6.07 Å². The van der Waals surface area contributed by atoms with Gasteiger partial charge < -0.3 is 46.1 Å². The fraction of sp³-hybridized carbons (Fsp3) is 0.506. The van der Waals surface area contributed by atoms with E-state index in [9.17, 15) is 15.3 Å². The van der Waals surface area contributed by atoms with Crippen LogP contribution in [-0.2, 0) is 31.9 Å². The Balaban J connectivity index is 0.955. The molecule has 14 atom stereocenters. The Morgan fingerprint density at radius 2 is 1.66 bits per heavy atom. The number of allylic oxidation sites excluding steroid dienone is 6. The Morgan fingerprint density at radius 3 is 2.50 bits per heavy atom. The average molecular weight is 1180 g/mol. The molecule has 14 bridgehead atoms. The number of benzene rings is 4. The number of β-amino-alcohol motifs (C(OH)–C–C–N with tert-alkyl or cyclic N) is 1. The van der Waals surface area contributed by atoms with Crippen LogP contribution >= 0.6 is 0 Å². The highest BCUT2D eigenvalue weighted by atomic mass is 16.6. The van der Waals surface area contributed by atoms with Gasteiger partial charge in [-0.25, -0.2) is 9.59 Å². The van der Waals surface area contributed by atoms with Crippen LogP contribution in [-0.4, -0.2) is 71.3 Å². The second kappa shape index (κ2) is 22.5. The number of piperidine rings is 1. The molecule has 5 fully saturated rings. The number of phenolic OH excluding ortho intramolecular Hbond substituents is 1. The van der Waals surface area contributed by atoms with Crippen molar-refractivity contribution in [3.05, 3.63) is 177 Å². The van der Waals surface area contributed by atoms with Crippen molar-refractivity contribution in [2.75, 3.05) is 26.7 Å². The number of carbonyl (C=O) groups is 2. The van der Waals surface area contributed by atoms with Gasteiger partial charge in [-0.2, -0.15) is 0 Å². The lowest BCUT2D eigenvalue weighted by Crippen LogP contribution is -2.58. The standard InChI is InChI=1S/C77H88N4O7/c1-4-47(37-48-13-6-5-7-14-48)39-64-77-34-23-61-66(68(77)72(84)88-64)59-43-56(82)20-21-57(59)50-16-11-17-51(40-50)62-24-33-75(61)32-22-58-63(87-71(83)67(58)70(75)77)25-31-74(54-27-36-80-65(42-54)78-3)44-53-41-55(76(86)29-8-9-30-76)19-12-28-73(2,85)46-81-69(60(53)45-74)52-18-10-15-49(38-52)26-35-79-62/h5-7,10-11,13-18,20-21,24-25,33,38-40,43,47,53-55,60-62,65,69-70,78-82,85-86H,4,8-9,22-23,26-32,34-37,41-42,44-46H2,1-3H3/b33-24+,63-25?,64-39-/t47-,53+,54+,55+,60-,61-,62-,65-,69+,70-,73-,74-,75-,77-/m0/s1. The first-order valence-corrected chi connectivity index (χ1v) is 33.6. The molecule has 13 aliphatic rings. The third kappa shape index (κ3) is 9.76. The second-order valence-electron chi connectivity index (χ2n) is 29.0. The Kier molecular flexibility index (Phi) is 14.9. The van der Waals surface area contributed by atoms with Crippen molar-refractivity contribution >= 4 is 17.5 Å². The summed E-state index contributed by atoms with van der Waals surface area (Å²) in [6.45, 7) is 6.05. The smallest absolute Gasteiger partial charge is 0.340 e. The van der Waals surface area contributed by atoms with E-state index in [0.29, 0.717) is 73.8 Å². The van der Waals surface area contributed by atoms with Crippen molar-refractivity contribution < 1.29 is 34.4 Å². The van der Waals surface area contributed by atoms with Crippen LogP contribution in [0.1, 0.15) is 156 Å². The summed E-state index contributed by atoms with van der Waals surface area (Å²) in [5.74, 6) is 7.68. The van der Waals surface area contributed by atoms with Crippen LogP contribution in [0.4, 0.5) is 0 Å².